The van der Waals surface area contributed by atoms with Crippen molar-refractivity contribution < 1.29 is 18.0 Å². The van der Waals surface area contributed by atoms with E-state index < -0.39 is 11.7 Å². The fourth-order valence-electron chi connectivity index (χ4n) is 1.50. The normalized spacial score (nSPS) is 11.6. The van der Waals surface area contributed by atoms with Gasteiger partial charge in [0.1, 0.15) is 0 Å². The molecule has 0 spiro atoms. The Hall–Kier alpha value is -2.41. The maximum atomic E-state index is 12.5. The highest BCUT2D eigenvalue weighted by atomic mass is 35.5. The first-order chi connectivity index (χ1) is 10.4. The Morgan fingerprint density at radius 2 is 1.95 bits per heavy atom. The minimum Gasteiger partial charge on any atom is -0.287 e. The van der Waals surface area contributed by atoms with E-state index in [0.717, 1.165) is 12.3 Å². The lowest BCUT2D eigenvalue weighted by Crippen LogP contribution is -2.07. The lowest BCUT2D eigenvalue weighted by Gasteiger charge is -2.08. The fourth-order valence-corrected chi connectivity index (χ4v) is 1.71. The summed E-state index contributed by atoms with van der Waals surface area (Å²) in [7, 11) is 0. The van der Waals surface area contributed by atoms with Gasteiger partial charge in [0.05, 0.1) is 16.8 Å². The summed E-state index contributed by atoms with van der Waals surface area (Å²) < 4.78 is 37.4. The molecule has 22 heavy (non-hydrogen) atoms. The van der Waals surface area contributed by atoms with Crippen LogP contribution in [0.2, 0.25) is 5.02 Å². The van der Waals surface area contributed by atoms with Crippen molar-refractivity contribution in [2.24, 2.45) is 5.10 Å². The summed E-state index contributed by atoms with van der Waals surface area (Å²) in [4.78, 5) is 15.2. The van der Waals surface area contributed by atoms with Gasteiger partial charge in [0.2, 0.25) is 5.78 Å². The van der Waals surface area contributed by atoms with Crippen LogP contribution in [0.1, 0.15) is 15.9 Å². The Bertz CT molecular complexity index is 702. The molecule has 0 aliphatic rings. The van der Waals surface area contributed by atoms with Crippen LogP contribution >= 0.6 is 11.6 Å². The number of Topliss-reactive ketones (excluding diaryl/α,β-unsaturated/α-hetero) is 1. The quantitative estimate of drug-likeness (QED) is 0.524. The zero-order chi connectivity index (χ0) is 16.2. The highest BCUT2D eigenvalue weighted by Gasteiger charge is 2.31. The van der Waals surface area contributed by atoms with Crippen molar-refractivity contribution in [3.63, 3.8) is 0 Å². The number of benzene rings is 1. The van der Waals surface area contributed by atoms with E-state index >= 15 is 0 Å². The van der Waals surface area contributed by atoms with Crippen LogP contribution in [0, 0.1) is 0 Å². The monoisotopic (exact) mass is 327 g/mol. The maximum absolute atomic E-state index is 12.5. The summed E-state index contributed by atoms with van der Waals surface area (Å²) >= 11 is 5.68. The highest BCUT2D eigenvalue weighted by Crippen LogP contribution is 2.32. The number of pyridine rings is 1. The number of aromatic nitrogens is 1. The molecular weight excluding hydrogens is 319 g/mol. The van der Waals surface area contributed by atoms with Crippen molar-refractivity contribution in [1.82, 2.24) is 4.98 Å². The van der Waals surface area contributed by atoms with Gasteiger partial charge >= 0.3 is 6.18 Å². The van der Waals surface area contributed by atoms with Crippen LogP contribution in [0.15, 0.2) is 47.7 Å². The van der Waals surface area contributed by atoms with Crippen molar-refractivity contribution >= 4 is 29.4 Å². The Morgan fingerprint density at radius 3 is 2.55 bits per heavy atom. The average Bonchev–Trinajstić information content (AvgIpc) is 2.48. The molecule has 1 aromatic heterocycles. The van der Waals surface area contributed by atoms with Crippen molar-refractivity contribution in [2.45, 2.75) is 6.18 Å². The molecule has 2 rings (SSSR count). The highest BCUT2D eigenvalue weighted by molar-refractivity contribution is 6.35. The van der Waals surface area contributed by atoms with Crippen LogP contribution in [-0.2, 0) is 6.18 Å². The summed E-state index contributed by atoms with van der Waals surface area (Å²) in [6.45, 7) is 0. The van der Waals surface area contributed by atoms with E-state index in [1.54, 1.807) is 30.3 Å². The smallest absolute Gasteiger partial charge is 0.287 e. The third-order valence-electron chi connectivity index (χ3n) is 2.58. The lowest BCUT2D eigenvalue weighted by molar-refractivity contribution is -0.137. The zero-order valence-corrected chi connectivity index (χ0v) is 11.7. The number of carbonyl (C=O) groups is 1. The molecular formula is C14H9ClF3N3O. The molecule has 0 atom stereocenters. The predicted octanol–water partition coefficient (Wildman–Crippen LogP) is 4.03. The first-order valence-corrected chi connectivity index (χ1v) is 6.37. The van der Waals surface area contributed by atoms with E-state index in [-0.39, 0.29) is 16.6 Å². The summed E-state index contributed by atoms with van der Waals surface area (Å²) in [5.41, 5.74) is 1.80. The average molecular weight is 328 g/mol. The zero-order valence-electron chi connectivity index (χ0n) is 10.9. The second-order valence-electron chi connectivity index (χ2n) is 4.15. The van der Waals surface area contributed by atoms with Gasteiger partial charge in [0, 0.05) is 11.8 Å². The van der Waals surface area contributed by atoms with Crippen LogP contribution in [0.3, 0.4) is 0 Å². The topological polar surface area (TPSA) is 54.4 Å². The number of nitrogens with zero attached hydrogens (tertiary/aromatic N) is 2. The molecule has 0 unspecified atom stereocenters. The van der Waals surface area contributed by atoms with Gasteiger partial charge in [-0.05, 0) is 6.07 Å². The summed E-state index contributed by atoms with van der Waals surface area (Å²) in [5, 5.41) is 3.37. The molecule has 1 heterocycles. The lowest BCUT2D eigenvalue weighted by atomic mass is 10.1. The van der Waals surface area contributed by atoms with E-state index in [0.29, 0.717) is 11.8 Å². The van der Waals surface area contributed by atoms with Crippen LogP contribution in [0.25, 0.3) is 0 Å². The van der Waals surface area contributed by atoms with Crippen molar-refractivity contribution in [2.75, 3.05) is 5.43 Å². The first-order valence-electron chi connectivity index (χ1n) is 5.99. The van der Waals surface area contributed by atoms with E-state index in [9.17, 15) is 18.0 Å². The Balaban J connectivity index is 2.06. The minimum atomic E-state index is -4.53. The standard InChI is InChI=1S/C14H9ClF3N3O/c15-11-6-10(14(16,17)18)7-19-13(11)21-20-8-12(22)9-4-2-1-3-5-9/h1-8H,(H,19,21). The number of anilines is 1. The Labute approximate surface area is 128 Å². The molecule has 1 N–H and O–H groups in total. The molecule has 114 valence electrons. The van der Waals surface area contributed by atoms with E-state index in [4.69, 9.17) is 11.6 Å². The van der Waals surface area contributed by atoms with Gasteiger partial charge in [0.25, 0.3) is 0 Å². The summed E-state index contributed by atoms with van der Waals surface area (Å²) in [5.74, 6) is -0.442. The Kier molecular flexibility index (Phi) is 4.77. The van der Waals surface area contributed by atoms with Gasteiger partial charge < -0.3 is 0 Å². The number of nitrogens with one attached hydrogen (secondary N) is 1. The van der Waals surface area contributed by atoms with E-state index in [1.165, 1.54) is 0 Å². The molecule has 4 nitrogen and oxygen atoms in total. The second-order valence-corrected chi connectivity index (χ2v) is 4.56. The molecule has 0 fully saturated rings. The molecule has 0 aliphatic carbocycles. The molecule has 0 saturated carbocycles. The van der Waals surface area contributed by atoms with E-state index in [1.807, 2.05) is 0 Å². The second kappa shape index (κ2) is 6.57. The van der Waals surface area contributed by atoms with E-state index in [2.05, 4.69) is 15.5 Å². The maximum Gasteiger partial charge on any atom is 0.417 e. The van der Waals surface area contributed by atoms with Crippen LogP contribution in [0.4, 0.5) is 19.0 Å². The number of halogens is 4. The number of alkyl halides is 3. The third kappa shape index (κ3) is 4.05. The van der Waals surface area contributed by atoms with Gasteiger partial charge in [-0.2, -0.15) is 18.3 Å². The van der Waals surface area contributed by atoms with Gasteiger partial charge in [0.15, 0.2) is 5.82 Å². The third-order valence-corrected chi connectivity index (χ3v) is 2.87. The van der Waals surface area contributed by atoms with Gasteiger partial charge in [-0.25, -0.2) is 4.98 Å². The van der Waals surface area contributed by atoms with Gasteiger partial charge in [-0.3, -0.25) is 10.2 Å². The molecule has 0 amide bonds. The number of hydrogen-bond donors (Lipinski definition) is 1. The number of rotatable bonds is 4. The van der Waals surface area contributed by atoms with Crippen LogP contribution in [-0.4, -0.2) is 17.0 Å². The SMILES string of the molecule is O=C(C=NNc1ncc(C(F)(F)F)cc1Cl)c1ccccc1. The molecule has 2 aromatic rings. The largest absolute Gasteiger partial charge is 0.417 e. The fraction of sp³-hybridized carbons (Fsp3) is 0.0714. The minimum absolute atomic E-state index is 0.0771. The first kappa shape index (κ1) is 16.0. The molecule has 0 aliphatic heterocycles. The van der Waals surface area contributed by atoms with Crippen molar-refractivity contribution in [3.05, 3.63) is 58.7 Å². The molecule has 0 bridgehead atoms. The summed E-state index contributed by atoms with van der Waals surface area (Å²) in [6.07, 6.45) is -2.91. The molecule has 1 aromatic carbocycles. The molecule has 8 heteroatoms. The number of hydrazone groups is 1. The summed E-state index contributed by atoms with van der Waals surface area (Å²) in [6, 6.07) is 9.10. The van der Waals surface area contributed by atoms with Gasteiger partial charge in [-0.15, -0.1) is 0 Å². The number of carbonyl (C=O) groups excluding carboxylic acids is 1. The Morgan fingerprint density at radius 1 is 1.27 bits per heavy atom. The number of hydrogen-bond acceptors (Lipinski definition) is 4. The van der Waals surface area contributed by atoms with Gasteiger partial charge in [-0.1, -0.05) is 41.9 Å². The van der Waals surface area contributed by atoms with Crippen molar-refractivity contribution in [1.29, 1.82) is 0 Å². The predicted molar refractivity (Wildman–Crippen MR) is 77.1 cm³/mol. The van der Waals surface area contributed by atoms with Crippen LogP contribution < -0.4 is 5.43 Å². The molecule has 0 saturated heterocycles. The number of ketones is 1. The van der Waals surface area contributed by atoms with Crippen molar-refractivity contribution in [3.8, 4) is 0 Å². The van der Waals surface area contributed by atoms with Crippen LogP contribution in [0.5, 0.6) is 0 Å². The molecule has 0 radical (unpaired) electrons.